The molecule has 1 heteroatoms. The third-order valence-corrected chi connectivity index (χ3v) is 7.37. The second kappa shape index (κ2) is 4.83. The molecule has 21 heavy (non-hydrogen) atoms. The lowest BCUT2D eigenvalue weighted by atomic mass is 9.50. The molecular weight excluding hydrogens is 256 g/mol. The van der Waals surface area contributed by atoms with Crippen molar-refractivity contribution in [2.24, 2.45) is 29.1 Å². The molecule has 3 fully saturated rings. The van der Waals surface area contributed by atoms with Crippen molar-refractivity contribution < 1.29 is 4.79 Å². The summed E-state index contributed by atoms with van der Waals surface area (Å²) >= 11 is 0. The molecule has 0 spiro atoms. The van der Waals surface area contributed by atoms with Gasteiger partial charge in [0.05, 0.1) is 0 Å². The Balaban J connectivity index is 1.72. The molecule has 0 amide bonds. The number of fused-ring (bicyclic) bond motifs is 5. The average molecular weight is 284 g/mol. The Labute approximate surface area is 128 Å². The summed E-state index contributed by atoms with van der Waals surface area (Å²) in [5, 5.41) is 0. The third-order valence-electron chi connectivity index (χ3n) is 7.37. The maximum atomic E-state index is 12.6. The molecule has 0 N–H and O–H groups in total. The topological polar surface area (TPSA) is 17.1 Å². The van der Waals surface area contributed by atoms with Crippen molar-refractivity contribution in [3.63, 3.8) is 0 Å². The minimum Gasteiger partial charge on any atom is -0.299 e. The summed E-state index contributed by atoms with van der Waals surface area (Å²) in [5.41, 5.74) is 3.14. The van der Waals surface area contributed by atoms with Crippen LogP contribution in [0.3, 0.4) is 0 Å². The van der Waals surface area contributed by atoms with Gasteiger partial charge in [0.25, 0.3) is 0 Å². The molecule has 0 aromatic rings. The van der Waals surface area contributed by atoms with Crippen molar-refractivity contribution in [2.75, 3.05) is 0 Å². The number of Topliss-reactive ketones (excluding diaryl/α,β-unsaturated/α-hetero) is 1. The number of ketones is 1. The van der Waals surface area contributed by atoms with Gasteiger partial charge in [0.15, 0.2) is 0 Å². The Kier molecular flexibility index (Phi) is 3.17. The first-order valence-corrected chi connectivity index (χ1v) is 9.07. The first kappa shape index (κ1) is 13.8. The van der Waals surface area contributed by atoms with E-state index in [1.165, 1.54) is 37.7 Å². The molecule has 0 heterocycles. The van der Waals surface area contributed by atoms with E-state index in [1.807, 2.05) is 0 Å². The maximum Gasteiger partial charge on any atom is 0.139 e. The van der Waals surface area contributed by atoms with E-state index in [-0.39, 0.29) is 5.41 Å². The Morgan fingerprint density at radius 1 is 1.29 bits per heavy atom. The highest BCUT2D eigenvalue weighted by Gasteiger charge is 2.58. The summed E-state index contributed by atoms with van der Waals surface area (Å²) in [7, 11) is 0. The Morgan fingerprint density at radius 3 is 2.95 bits per heavy atom. The lowest BCUT2D eigenvalue weighted by molar-refractivity contribution is -0.130. The number of rotatable bonds is 1. The lowest BCUT2D eigenvalue weighted by Gasteiger charge is -2.54. The van der Waals surface area contributed by atoms with E-state index < -0.39 is 0 Å². The molecular formula is C20H28O. The smallest absolute Gasteiger partial charge is 0.139 e. The monoisotopic (exact) mass is 284 g/mol. The van der Waals surface area contributed by atoms with E-state index >= 15 is 0 Å². The maximum absolute atomic E-state index is 12.6. The Morgan fingerprint density at radius 2 is 2.14 bits per heavy atom. The van der Waals surface area contributed by atoms with E-state index in [0.717, 1.165) is 37.5 Å². The van der Waals surface area contributed by atoms with Gasteiger partial charge >= 0.3 is 0 Å². The molecule has 4 aliphatic rings. The van der Waals surface area contributed by atoms with Gasteiger partial charge in [0.2, 0.25) is 0 Å². The quantitative estimate of drug-likeness (QED) is 0.614. The van der Waals surface area contributed by atoms with Crippen LogP contribution < -0.4 is 0 Å². The SMILES string of the molecule is C=C1CC2(CC)C(=O)CC[C@H]2[C@@H]2CCC3=CCCC[C@@H]3[C@@H]12. The van der Waals surface area contributed by atoms with Crippen LogP contribution >= 0.6 is 0 Å². The van der Waals surface area contributed by atoms with E-state index in [1.54, 1.807) is 5.57 Å². The summed E-state index contributed by atoms with van der Waals surface area (Å²) in [6.45, 7) is 6.73. The second-order valence-electron chi connectivity index (χ2n) is 7.96. The third kappa shape index (κ3) is 1.79. The average Bonchev–Trinajstić information content (AvgIpc) is 2.84. The number of hydrogen-bond acceptors (Lipinski definition) is 1. The molecule has 1 unspecified atom stereocenters. The molecule has 4 rings (SSSR count). The fraction of sp³-hybridized carbons (Fsp3) is 0.750. The summed E-state index contributed by atoms with van der Waals surface area (Å²) < 4.78 is 0. The molecule has 1 nitrogen and oxygen atoms in total. The molecule has 4 aliphatic carbocycles. The van der Waals surface area contributed by atoms with Gasteiger partial charge in [-0.05, 0) is 75.0 Å². The van der Waals surface area contributed by atoms with Crippen LogP contribution in [0.25, 0.3) is 0 Å². The normalized spacial score (nSPS) is 45.7. The van der Waals surface area contributed by atoms with E-state index in [0.29, 0.717) is 17.6 Å². The van der Waals surface area contributed by atoms with Gasteiger partial charge in [-0.1, -0.05) is 30.7 Å². The molecule has 5 atom stereocenters. The van der Waals surface area contributed by atoms with Crippen molar-refractivity contribution in [2.45, 2.75) is 64.7 Å². The van der Waals surface area contributed by atoms with Crippen LogP contribution in [0.4, 0.5) is 0 Å². The molecule has 0 aliphatic heterocycles. The van der Waals surface area contributed by atoms with Gasteiger partial charge in [-0.15, -0.1) is 0 Å². The van der Waals surface area contributed by atoms with Gasteiger partial charge < -0.3 is 0 Å². The highest BCUT2D eigenvalue weighted by atomic mass is 16.1. The minimum absolute atomic E-state index is 0.0197. The van der Waals surface area contributed by atoms with Crippen molar-refractivity contribution in [3.8, 4) is 0 Å². The largest absolute Gasteiger partial charge is 0.299 e. The van der Waals surface area contributed by atoms with Gasteiger partial charge in [-0.3, -0.25) is 4.79 Å². The van der Waals surface area contributed by atoms with E-state index in [2.05, 4.69) is 19.6 Å². The predicted molar refractivity (Wildman–Crippen MR) is 85.9 cm³/mol. The predicted octanol–water partition coefficient (Wildman–Crippen LogP) is 5.07. The van der Waals surface area contributed by atoms with Gasteiger partial charge in [0, 0.05) is 11.8 Å². The fourth-order valence-electron chi connectivity index (χ4n) is 6.49. The van der Waals surface area contributed by atoms with Crippen molar-refractivity contribution in [1.82, 2.24) is 0 Å². The highest BCUT2D eigenvalue weighted by Crippen LogP contribution is 2.63. The molecule has 0 bridgehead atoms. The second-order valence-corrected chi connectivity index (χ2v) is 7.96. The number of hydrogen-bond donors (Lipinski definition) is 0. The van der Waals surface area contributed by atoms with Crippen molar-refractivity contribution in [3.05, 3.63) is 23.8 Å². The summed E-state index contributed by atoms with van der Waals surface area (Å²) in [5.74, 6) is 3.43. The highest BCUT2D eigenvalue weighted by molar-refractivity contribution is 5.88. The summed E-state index contributed by atoms with van der Waals surface area (Å²) in [6, 6.07) is 0. The first-order valence-electron chi connectivity index (χ1n) is 9.07. The molecule has 3 saturated carbocycles. The zero-order valence-electron chi connectivity index (χ0n) is 13.4. The molecule has 114 valence electrons. The first-order chi connectivity index (χ1) is 10.2. The van der Waals surface area contributed by atoms with Gasteiger partial charge in [-0.2, -0.15) is 0 Å². The zero-order chi connectivity index (χ0) is 14.6. The van der Waals surface area contributed by atoms with Crippen LogP contribution in [0.5, 0.6) is 0 Å². The molecule has 0 saturated heterocycles. The zero-order valence-corrected chi connectivity index (χ0v) is 13.4. The number of carbonyl (C=O) groups excluding carboxylic acids is 1. The van der Waals surface area contributed by atoms with Gasteiger partial charge in [0.1, 0.15) is 5.78 Å². The number of allylic oxidation sites excluding steroid dienone is 3. The van der Waals surface area contributed by atoms with Gasteiger partial charge in [-0.25, -0.2) is 0 Å². The van der Waals surface area contributed by atoms with E-state index in [9.17, 15) is 4.79 Å². The minimum atomic E-state index is -0.0197. The standard InChI is InChI=1S/C20H28O/c1-3-20-12-13(2)19-15-7-5-4-6-14(15)8-9-16(19)17(20)10-11-18(20)21/h6,15-17,19H,2-5,7-12H2,1H3/t15-,16-,17-,19+,20?/m0/s1. The van der Waals surface area contributed by atoms with Crippen molar-refractivity contribution >= 4 is 5.78 Å². The van der Waals surface area contributed by atoms with E-state index in [4.69, 9.17) is 0 Å². The van der Waals surface area contributed by atoms with Crippen LogP contribution in [0.15, 0.2) is 23.8 Å². The fourth-order valence-corrected chi connectivity index (χ4v) is 6.49. The van der Waals surface area contributed by atoms with Crippen LogP contribution in [-0.2, 0) is 4.79 Å². The van der Waals surface area contributed by atoms with Crippen LogP contribution in [0.2, 0.25) is 0 Å². The number of carbonyl (C=O) groups is 1. The summed E-state index contributed by atoms with van der Waals surface area (Å²) in [6.07, 6.45) is 13.2. The van der Waals surface area contributed by atoms with Crippen LogP contribution in [0.1, 0.15) is 64.7 Å². The molecule has 0 aromatic carbocycles. The lowest BCUT2D eigenvalue weighted by Crippen LogP contribution is -2.48. The van der Waals surface area contributed by atoms with Crippen LogP contribution in [-0.4, -0.2) is 5.78 Å². The molecule has 0 radical (unpaired) electrons. The molecule has 0 aromatic heterocycles. The van der Waals surface area contributed by atoms with Crippen molar-refractivity contribution in [1.29, 1.82) is 0 Å². The Bertz CT molecular complexity index is 514. The summed E-state index contributed by atoms with van der Waals surface area (Å²) in [4.78, 5) is 12.6. The van der Waals surface area contributed by atoms with Crippen LogP contribution in [0, 0.1) is 29.1 Å². The Hall–Kier alpha value is -0.850.